The highest BCUT2D eigenvalue weighted by Gasteiger charge is 2.34. The standard InChI is InChI=1S/C15H23N3O2/c1-11-8-13(18-12(2)17-11)16-10-15(9-14(19)20)6-4-3-5-7-15/h8H,3-7,9-10H2,1-2H3,(H,19,20)(H,16,17,18). The van der Waals surface area contributed by atoms with Gasteiger partial charge in [0.2, 0.25) is 0 Å². The molecule has 110 valence electrons. The molecule has 1 heterocycles. The summed E-state index contributed by atoms with van der Waals surface area (Å²) in [5.41, 5.74) is 0.799. The predicted molar refractivity (Wildman–Crippen MR) is 77.8 cm³/mol. The quantitative estimate of drug-likeness (QED) is 0.865. The van der Waals surface area contributed by atoms with Gasteiger partial charge in [0.25, 0.3) is 0 Å². The molecular formula is C15H23N3O2. The summed E-state index contributed by atoms with van der Waals surface area (Å²) < 4.78 is 0. The molecule has 0 unspecified atom stereocenters. The van der Waals surface area contributed by atoms with Gasteiger partial charge in [-0.3, -0.25) is 4.79 Å². The zero-order valence-electron chi connectivity index (χ0n) is 12.3. The van der Waals surface area contributed by atoms with E-state index in [0.29, 0.717) is 6.54 Å². The van der Waals surface area contributed by atoms with Crippen molar-refractivity contribution in [2.45, 2.75) is 52.4 Å². The van der Waals surface area contributed by atoms with Crippen LogP contribution in [0.25, 0.3) is 0 Å². The van der Waals surface area contributed by atoms with Crippen molar-refractivity contribution in [2.24, 2.45) is 5.41 Å². The second-order valence-corrected chi connectivity index (χ2v) is 5.93. The lowest BCUT2D eigenvalue weighted by atomic mass is 9.71. The maximum atomic E-state index is 11.1. The van der Waals surface area contributed by atoms with Crippen LogP contribution in [0.3, 0.4) is 0 Å². The largest absolute Gasteiger partial charge is 0.481 e. The number of hydrogen-bond acceptors (Lipinski definition) is 4. The molecule has 5 nitrogen and oxygen atoms in total. The molecule has 2 rings (SSSR count). The van der Waals surface area contributed by atoms with Crippen molar-refractivity contribution in [1.82, 2.24) is 9.97 Å². The Hall–Kier alpha value is -1.65. The Morgan fingerprint density at radius 2 is 2.00 bits per heavy atom. The Bertz CT molecular complexity index is 462. The topological polar surface area (TPSA) is 75.1 Å². The zero-order chi connectivity index (χ0) is 14.6. The number of nitrogens with zero attached hydrogens (tertiary/aromatic N) is 2. The number of carbonyl (C=O) groups is 1. The molecule has 1 aromatic rings. The third-order valence-corrected chi connectivity index (χ3v) is 4.05. The number of aliphatic carboxylic acids is 1. The van der Waals surface area contributed by atoms with Crippen molar-refractivity contribution in [1.29, 1.82) is 0 Å². The first-order chi connectivity index (χ1) is 9.49. The lowest BCUT2D eigenvalue weighted by Crippen LogP contribution is -2.34. The summed E-state index contributed by atoms with van der Waals surface area (Å²) in [7, 11) is 0. The first-order valence-corrected chi connectivity index (χ1v) is 7.27. The van der Waals surface area contributed by atoms with Gasteiger partial charge in [-0.2, -0.15) is 0 Å². The molecule has 1 aromatic heterocycles. The van der Waals surface area contributed by atoms with Gasteiger partial charge in [-0.15, -0.1) is 0 Å². The van der Waals surface area contributed by atoms with Gasteiger partial charge in [0.15, 0.2) is 0 Å². The number of aromatic nitrogens is 2. The molecule has 2 N–H and O–H groups in total. The van der Waals surface area contributed by atoms with Gasteiger partial charge in [-0.25, -0.2) is 9.97 Å². The van der Waals surface area contributed by atoms with Crippen LogP contribution < -0.4 is 5.32 Å². The average Bonchev–Trinajstić information content (AvgIpc) is 2.36. The fraction of sp³-hybridized carbons (Fsp3) is 0.667. The molecular weight excluding hydrogens is 254 g/mol. The minimum absolute atomic E-state index is 0.128. The Morgan fingerprint density at radius 3 is 2.60 bits per heavy atom. The van der Waals surface area contributed by atoms with Crippen molar-refractivity contribution in [3.05, 3.63) is 17.6 Å². The van der Waals surface area contributed by atoms with Crippen molar-refractivity contribution in [2.75, 3.05) is 11.9 Å². The number of nitrogens with one attached hydrogen (secondary N) is 1. The van der Waals surface area contributed by atoms with Gasteiger partial charge in [0.05, 0.1) is 6.42 Å². The summed E-state index contributed by atoms with van der Waals surface area (Å²) in [5.74, 6) is 0.831. The van der Waals surface area contributed by atoms with Gasteiger partial charge in [0.1, 0.15) is 11.6 Å². The summed E-state index contributed by atoms with van der Waals surface area (Å²) in [6.07, 6.45) is 5.66. The fourth-order valence-electron chi connectivity index (χ4n) is 3.12. The molecule has 5 heteroatoms. The molecule has 0 atom stereocenters. The highest BCUT2D eigenvalue weighted by molar-refractivity contribution is 5.67. The van der Waals surface area contributed by atoms with Crippen LogP contribution in [0.5, 0.6) is 0 Å². The number of rotatable bonds is 5. The summed E-state index contributed by atoms with van der Waals surface area (Å²) >= 11 is 0. The van der Waals surface area contributed by atoms with Crippen LogP contribution in [0, 0.1) is 19.3 Å². The summed E-state index contributed by atoms with van der Waals surface area (Å²) in [4.78, 5) is 19.7. The highest BCUT2D eigenvalue weighted by atomic mass is 16.4. The van der Waals surface area contributed by atoms with Gasteiger partial charge in [-0.05, 0) is 32.1 Å². The molecule has 0 aromatic carbocycles. The first-order valence-electron chi connectivity index (χ1n) is 7.27. The van der Waals surface area contributed by atoms with E-state index in [1.165, 1.54) is 6.42 Å². The minimum atomic E-state index is -0.705. The maximum Gasteiger partial charge on any atom is 0.303 e. The van der Waals surface area contributed by atoms with Gasteiger partial charge < -0.3 is 10.4 Å². The van der Waals surface area contributed by atoms with Gasteiger partial charge in [0, 0.05) is 18.3 Å². The smallest absolute Gasteiger partial charge is 0.303 e. The van der Waals surface area contributed by atoms with Gasteiger partial charge >= 0.3 is 5.97 Å². The number of carboxylic acids is 1. The summed E-state index contributed by atoms with van der Waals surface area (Å²) in [6.45, 7) is 4.48. The van der Waals surface area contributed by atoms with Crippen LogP contribution in [0.2, 0.25) is 0 Å². The van der Waals surface area contributed by atoms with E-state index >= 15 is 0 Å². The number of carboxylic acid groups (broad SMARTS) is 1. The summed E-state index contributed by atoms with van der Waals surface area (Å²) in [6, 6.07) is 1.91. The Morgan fingerprint density at radius 1 is 1.30 bits per heavy atom. The molecule has 1 aliphatic carbocycles. The van der Waals surface area contributed by atoms with Crippen molar-refractivity contribution >= 4 is 11.8 Å². The molecule has 0 bridgehead atoms. The Labute approximate surface area is 119 Å². The van der Waals surface area contributed by atoms with Crippen LogP contribution in [-0.2, 0) is 4.79 Å². The Balaban J connectivity index is 2.06. The highest BCUT2D eigenvalue weighted by Crippen LogP contribution is 2.39. The molecule has 1 saturated carbocycles. The van der Waals surface area contributed by atoms with Crippen LogP contribution in [0.4, 0.5) is 5.82 Å². The normalized spacial score (nSPS) is 17.7. The molecule has 20 heavy (non-hydrogen) atoms. The van der Waals surface area contributed by atoms with E-state index in [1.54, 1.807) is 0 Å². The van der Waals surface area contributed by atoms with Crippen LogP contribution in [-0.4, -0.2) is 27.6 Å². The van der Waals surface area contributed by atoms with E-state index in [9.17, 15) is 4.79 Å². The molecule has 0 spiro atoms. The molecule has 0 saturated heterocycles. The fourth-order valence-corrected chi connectivity index (χ4v) is 3.12. The molecule has 1 aliphatic rings. The lowest BCUT2D eigenvalue weighted by molar-refractivity contribution is -0.140. The van der Waals surface area contributed by atoms with E-state index in [4.69, 9.17) is 5.11 Å². The SMILES string of the molecule is Cc1cc(NCC2(CC(=O)O)CCCCC2)nc(C)n1. The van der Waals surface area contributed by atoms with E-state index in [-0.39, 0.29) is 11.8 Å². The van der Waals surface area contributed by atoms with Crippen molar-refractivity contribution in [3.8, 4) is 0 Å². The first kappa shape index (κ1) is 14.8. The number of aryl methyl sites for hydroxylation is 2. The molecule has 0 radical (unpaired) electrons. The maximum absolute atomic E-state index is 11.1. The van der Waals surface area contributed by atoms with Crippen LogP contribution in [0.1, 0.15) is 50.0 Å². The van der Waals surface area contributed by atoms with E-state index in [0.717, 1.165) is 43.0 Å². The van der Waals surface area contributed by atoms with E-state index in [2.05, 4.69) is 15.3 Å². The second kappa shape index (κ2) is 6.20. The third-order valence-electron chi connectivity index (χ3n) is 4.05. The van der Waals surface area contributed by atoms with Crippen molar-refractivity contribution < 1.29 is 9.90 Å². The average molecular weight is 277 g/mol. The molecule has 0 aliphatic heterocycles. The Kier molecular flexibility index (Phi) is 4.57. The zero-order valence-corrected chi connectivity index (χ0v) is 12.3. The van der Waals surface area contributed by atoms with Crippen molar-refractivity contribution in [3.63, 3.8) is 0 Å². The van der Waals surface area contributed by atoms with E-state index < -0.39 is 5.97 Å². The van der Waals surface area contributed by atoms with E-state index in [1.807, 2.05) is 19.9 Å². The number of anilines is 1. The van der Waals surface area contributed by atoms with Crippen LogP contribution >= 0.6 is 0 Å². The van der Waals surface area contributed by atoms with Gasteiger partial charge in [-0.1, -0.05) is 19.3 Å². The third kappa shape index (κ3) is 3.92. The minimum Gasteiger partial charge on any atom is -0.481 e. The summed E-state index contributed by atoms with van der Waals surface area (Å²) in [5, 5.41) is 12.5. The lowest BCUT2D eigenvalue weighted by Gasteiger charge is -2.36. The predicted octanol–water partition coefficient (Wildman–Crippen LogP) is 2.93. The number of hydrogen-bond donors (Lipinski definition) is 2. The van der Waals surface area contributed by atoms with Crippen LogP contribution in [0.15, 0.2) is 6.07 Å². The molecule has 1 fully saturated rings. The monoisotopic (exact) mass is 277 g/mol. The second-order valence-electron chi connectivity index (χ2n) is 5.93. The molecule has 0 amide bonds.